The van der Waals surface area contributed by atoms with E-state index in [-0.39, 0.29) is 17.8 Å². The molecule has 4 aromatic rings. The van der Waals surface area contributed by atoms with E-state index < -0.39 is 34.7 Å². The molecular weight excluding hydrogens is 853 g/mol. The third kappa shape index (κ3) is 12.6. The number of nitrogens with one attached hydrogen (secondary N) is 2. The molecule has 6 unspecified atom stereocenters. The van der Waals surface area contributed by atoms with Crippen molar-refractivity contribution in [2.75, 3.05) is 58.2 Å². The van der Waals surface area contributed by atoms with Crippen LogP contribution in [0.25, 0.3) is 0 Å². The van der Waals surface area contributed by atoms with Crippen molar-refractivity contribution in [2.45, 2.75) is 87.7 Å². The Kier molecular flexibility index (Phi) is 17.6. The number of nitro groups is 1. The van der Waals surface area contributed by atoms with Crippen LogP contribution >= 0.6 is 0 Å². The summed E-state index contributed by atoms with van der Waals surface area (Å²) in [6, 6.07) is 31.3. The molecule has 6 atom stereocenters. The topological polar surface area (TPSA) is 191 Å². The van der Waals surface area contributed by atoms with Crippen molar-refractivity contribution in [3.63, 3.8) is 0 Å². The lowest BCUT2D eigenvalue weighted by Gasteiger charge is -2.36. The van der Waals surface area contributed by atoms with E-state index >= 15 is 0 Å². The number of anilines is 5. The first-order chi connectivity index (χ1) is 30.9. The van der Waals surface area contributed by atoms with Crippen molar-refractivity contribution in [1.29, 1.82) is 0 Å². The van der Waals surface area contributed by atoms with Crippen molar-refractivity contribution >= 4 is 63.1 Å². The number of azo groups is 1. The number of non-ortho nitro benzene ring substituents is 1. The maximum absolute atomic E-state index is 11.1. The Morgan fingerprint density at radius 2 is 0.922 bits per heavy atom. The summed E-state index contributed by atoms with van der Waals surface area (Å²) in [6.07, 6.45) is 5.80. The highest BCUT2D eigenvalue weighted by Crippen LogP contribution is 2.39. The van der Waals surface area contributed by atoms with Gasteiger partial charge in [0.15, 0.2) is 0 Å². The highest BCUT2D eigenvalue weighted by molar-refractivity contribution is 6.60. The average Bonchev–Trinajstić information content (AvgIpc) is 3.33. The molecule has 6 rings (SSSR count). The first kappa shape index (κ1) is 48.8. The zero-order valence-electron chi connectivity index (χ0n) is 37.7. The molecule has 0 spiro atoms. The largest absolute Gasteiger partial charge is 0.500 e. The number of rotatable bonds is 22. The molecule has 0 bridgehead atoms. The molecule has 0 aliphatic heterocycles. The Morgan fingerprint density at radius 3 is 1.27 bits per heavy atom. The van der Waals surface area contributed by atoms with Crippen molar-refractivity contribution in [3.05, 3.63) is 107 Å². The normalized spacial score (nSPS) is 21.8. The van der Waals surface area contributed by atoms with Crippen LogP contribution in [0.15, 0.2) is 107 Å². The van der Waals surface area contributed by atoms with Gasteiger partial charge in [0.25, 0.3) is 5.69 Å². The molecule has 0 heterocycles. The quantitative estimate of drug-likeness (QED) is 0.0252. The van der Waals surface area contributed by atoms with Gasteiger partial charge < -0.3 is 52.3 Å². The molecule has 64 heavy (non-hydrogen) atoms. The maximum atomic E-state index is 11.1. The fourth-order valence-corrected chi connectivity index (χ4v) is 12.7. The summed E-state index contributed by atoms with van der Waals surface area (Å²) in [7, 11) is 4.47. The van der Waals surface area contributed by atoms with E-state index in [0.717, 1.165) is 79.1 Å². The molecular formula is C46H64N6O10Si2. The fourth-order valence-electron chi connectivity index (χ4n) is 8.91. The van der Waals surface area contributed by atoms with Crippen LogP contribution in [-0.4, -0.2) is 99.7 Å². The molecule has 0 saturated heterocycles. The summed E-state index contributed by atoms with van der Waals surface area (Å²) in [4.78, 5) is 12.8. The van der Waals surface area contributed by atoms with E-state index in [1.807, 2.05) is 48.5 Å². The fraction of sp³-hybridized carbons (Fsp3) is 0.478. The first-order valence-corrected chi connectivity index (χ1v) is 25.8. The molecule has 0 radical (unpaired) electrons. The minimum atomic E-state index is -2.68. The summed E-state index contributed by atoms with van der Waals surface area (Å²) in [5.41, 5.74) is 5.66. The number of hydrogen-bond acceptors (Lipinski definition) is 15. The van der Waals surface area contributed by atoms with Gasteiger partial charge in [0.2, 0.25) is 0 Å². The molecule has 4 N–H and O–H groups in total. The molecule has 2 fully saturated rings. The van der Waals surface area contributed by atoms with Crippen molar-refractivity contribution in [1.82, 2.24) is 0 Å². The Bertz CT molecular complexity index is 1970. The summed E-state index contributed by atoms with van der Waals surface area (Å²) in [6.45, 7) is 0. The van der Waals surface area contributed by atoms with Crippen LogP contribution in [0.5, 0.6) is 0 Å². The molecule has 16 nitrogen and oxygen atoms in total. The average molecular weight is 917 g/mol. The molecule has 2 saturated carbocycles. The summed E-state index contributed by atoms with van der Waals surface area (Å²) in [5.74, 6) is 0.795. The van der Waals surface area contributed by atoms with Crippen LogP contribution in [0.3, 0.4) is 0 Å². The number of hydrogen-bond donors (Lipinski definition) is 4. The highest BCUT2D eigenvalue weighted by atomic mass is 28.4. The highest BCUT2D eigenvalue weighted by Gasteiger charge is 2.41. The van der Waals surface area contributed by atoms with Gasteiger partial charge in [-0.25, -0.2) is 0 Å². The van der Waals surface area contributed by atoms with Crippen LogP contribution in [0.4, 0.5) is 45.5 Å². The predicted octanol–water partition coefficient (Wildman–Crippen LogP) is 9.90. The lowest BCUT2D eigenvalue weighted by Crippen LogP contribution is -2.44. The molecule has 0 aromatic heterocycles. The Hall–Kier alpha value is -4.61. The van der Waals surface area contributed by atoms with E-state index in [9.17, 15) is 20.3 Å². The number of aliphatic hydroxyl groups excluding tert-OH is 2. The van der Waals surface area contributed by atoms with Crippen LogP contribution in [0.2, 0.25) is 12.1 Å². The van der Waals surface area contributed by atoms with Crippen molar-refractivity contribution in [3.8, 4) is 0 Å². The lowest BCUT2D eigenvalue weighted by molar-refractivity contribution is -0.384. The van der Waals surface area contributed by atoms with E-state index in [1.54, 1.807) is 54.8 Å². The standard InChI is InChI=1S/C46H64N6O10Si2/c1-57-63(58-2,59-3)29-27-33-7-25-45(53)43(31-33)47-35-9-17-39(18-10-35)51(41-21-13-37(14-22-41)49-50-38-15-23-42(24-16-38)52(55)56)40-19-11-36(12-20-40)48-44-32-34(8-26-46(44)54)28-30-64(60-4,61-5)62-6/h9-24,33-34,43-48,53-54H,7-8,25-32H2,1-6H3. The number of aliphatic hydroxyl groups is 2. The van der Waals surface area contributed by atoms with Gasteiger partial charge in [-0.05, 0) is 148 Å². The number of nitro benzene ring substituents is 1. The van der Waals surface area contributed by atoms with Gasteiger partial charge >= 0.3 is 17.6 Å². The molecule has 346 valence electrons. The van der Waals surface area contributed by atoms with Crippen LogP contribution in [0, 0.1) is 22.0 Å². The first-order valence-electron chi connectivity index (χ1n) is 21.9. The Morgan fingerprint density at radius 1 is 0.578 bits per heavy atom. The summed E-state index contributed by atoms with van der Waals surface area (Å²) < 4.78 is 33.9. The number of benzene rings is 4. The lowest BCUT2D eigenvalue weighted by atomic mass is 9.82. The van der Waals surface area contributed by atoms with Gasteiger partial charge in [0.1, 0.15) is 0 Å². The second kappa shape index (κ2) is 23.0. The van der Waals surface area contributed by atoms with Gasteiger partial charge in [-0.2, -0.15) is 10.2 Å². The molecule has 2 aliphatic rings. The third-order valence-electron chi connectivity index (χ3n) is 12.8. The van der Waals surface area contributed by atoms with Gasteiger partial charge in [-0.15, -0.1) is 0 Å². The molecule has 2 aliphatic carbocycles. The van der Waals surface area contributed by atoms with E-state index in [1.165, 1.54) is 12.1 Å². The zero-order valence-corrected chi connectivity index (χ0v) is 39.7. The predicted molar refractivity (Wildman–Crippen MR) is 252 cm³/mol. The summed E-state index contributed by atoms with van der Waals surface area (Å²) in [5, 5.41) is 49.0. The van der Waals surface area contributed by atoms with Crippen molar-refractivity contribution in [2.24, 2.45) is 22.1 Å². The SMILES string of the molecule is CO[Si](CCC1CCC(O)C(Nc2ccc(N(c3ccc(N=Nc4ccc([N+](=O)[O-])cc4)cc3)c3ccc(NC4CC(CC[Si](OC)(OC)OC)CCC4O)cc3)cc2)C1)(OC)OC. The Labute approximate surface area is 378 Å². The number of nitrogens with zero attached hydrogens (tertiary/aromatic N) is 4. The van der Waals surface area contributed by atoms with E-state index in [2.05, 4.69) is 50.0 Å². The minimum Gasteiger partial charge on any atom is -0.391 e. The minimum absolute atomic E-state index is 0.00924. The van der Waals surface area contributed by atoms with E-state index in [4.69, 9.17) is 26.6 Å². The molecule has 0 amide bonds. The molecule has 18 heteroatoms. The smallest absolute Gasteiger partial charge is 0.391 e. The second-order valence-corrected chi connectivity index (χ2v) is 22.8. The van der Waals surface area contributed by atoms with Crippen LogP contribution in [0.1, 0.15) is 51.4 Å². The monoisotopic (exact) mass is 916 g/mol. The zero-order chi connectivity index (χ0) is 45.7. The van der Waals surface area contributed by atoms with Gasteiger partial charge in [-0.3, -0.25) is 10.1 Å². The molecule has 4 aromatic carbocycles. The van der Waals surface area contributed by atoms with E-state index in [0.29, 0.717) is 36.1 Å². The maximum Gasteiger partial charge on any atom is 0.500 e. The van der Waals surface area contributed by atoms with Crippen LogP contribution < -0.4 is 15.5 Å². The van der Waals surface area contributed by atoms with Crippen LogP contribution in [-0.2, 0) is 26.6 Å². The second-order valence-electron chi connectivity index (χ2n) is 16.6. The summed E-state index contributed by atoms with van der Waals surface area (Å²) >= 11 is 0. The van der Waals surface area contributed by atoms with Gasteiger partial charge in [0, 0.05) is 95.3 Å². The Balaban J connectivity index is 1.19. The van der Waals surface area contributed by atoms with Gasteiger partial charge in [0.05, 0.1) is 40.6 Å². The van der Waals surface area contributed by atoms with Gasteiger partial charge in [-0.1, -0.05) is 0 Å². The third-order valence-corrected chi connectivity index (χ3v) is 18.4. The van der Waals surface area contributed by atoms with Crippen molar-refractivity contribution < 1.29 is 41.7 Å².